The lowest BCUT2D eigenvalue weighted by Crippen LogP contribution is -2.40. The lowest BCUT2D eigenvalue weighted by atomic mass is 10.1. The van der Waals surface area contributed by atoms with Crippen molar-refractivity contribution in [2.24, 2.45) is 0 Å². The van der Waals surface area contributed by atoms with Crippen LogP contribution in [-0.2, 0) is 22.6 Å². The molecule has 0 bridgehead atoms. The molecule has 0 saturated carbocycles. The molecule has 7 rings (SSSR count). The van der Waals surface area contributed by atoms with Gasteiger partial charge in [-0.2, -0.15) is 0 Å². The van der Waals surface area contributed by atoms with Crippen molar-refractivity contribution in [1.82, 2.24) is 35.1 Å². The number of ether oxygens (including phenoxy) is 1. The minimum absolute atomic E-state index is 0.0133. The maximum atomic E-state index is 13.6. The first-order chi connectivity index (χ1) is 26.0. The molecule has 10 heteroatoms. The van der Waals surface area contributed by atoms with Gasteiger partial charge in [0, 0.05) is 18.7 Å². The molecule has 3 heterocycles. The molecule has 1 fully saturated rings. The molecule has 1 aliphatic rings. The molecule has 0 unspecified atom stereocenters. The van der Waals surface area contributed by atoms with Crippen molar-refractivity contribution in [2.75, 3.05) is 20.1 Å². The second-order valence-electron chi connectivity index (χ2n) is 13.4. The SMILES string of the molecule is CCCN(Cc1ncc(-c2cccc(Oc3ccc(-c4cnc([C@@H]5CCCN5C(=O)Cc5ccccc5)[nH]4)cc3)c2)[nH]1)C(=O)[C@H](NC)c1ccccc1. The Labute approximate surface area is 310 Å². The van der Waals surface area contributed by atoms with Crippen LogP contribution in [0.1, 0.15) is 61.0 Å². The Kier molecular flexibility index (Phi) is 11.1. The Morgan fingerprint density at radius 3 is 2.36 bits per heavy atom. The van der Waals surface area contributed by atoms with Gasteiger partial charge in [0.25, 0.3) is 0 Å². The number of nitrogens with one attached hydrogen (secondary N) is 3. The van der Waals surface area contributed by atoms with Crippen molar-refractivity contribution in [3.63, 3.8) is 0 Å². The highest BCUT2D eigenvalue weighted by Crippen LogP contribution is 2.33. The van der Waals surface area contributed by atoms with Crippen molar-refractivity contribution in [3.8, 4) is 34.0 Å². The van der Waals surface area contributed by atoms with Gasteiger partial charge in [-0.15, -0.1) is 0 Å². The summed E-state index contributed by atoms with van der Waals surface area (Å²) in [5.74, 6) is 3.07. The maximum absolute atomic E-state index is 13.6. The molecule has 2 aromatic heterocycles. The zero-order chi connectivity index (χ0) is 36.6. The number of aromatic amines is 2. The molecule has 6 aromatic rings. The fourth-order valence-electron chi connectivity index (χ4n) is 7.01. The second kappa shape index (κ2) is 16.6. The van der Waals surface area contributed by atoms with Crippen LogP contribution >= 0.6 is 0 Å². The van der Waals surface area contributed by atoms with E-state index >= 15 is 0 Å². The van der Waals surface area contributed by atoms with Crippen molar-refractivity contribution in [1.29, 1.82) is 0 Å². The number of nitrogens with zero attached hydrogens (tertiary/aromatic N) is 4. The summed E-state index contributed by atoms with van der Waals surface area (Å²) in [5.41, 5.74) is 5.60. The molecule has 1 saturated heterocycles. The quantitative estimate of drug-likeness (QED) is 0.106. The van der Waals surface area contributed by atoms with E-state index < -0.39 is 6.04 Å². The van der Waals surface area contributed by atoms with E-state index in [2.05, 4.69) is 27.2 Å². The van der Waals surface area contributed by atoms with Gasteiger partial charge in [-0.3, -0.25) is 9.59 Å². The third-order valence-electron chi connectivity index (χ3n) is 9.67. The molecular formula is C43H45N7O3. The van der Waals surface area contributed by atoms with Gasteiger partial charge in [-0.05, 0) is 79.4 Å². The molecule has 0 spiro atoms. The fourth-order valence-corrected chi connectivity index (χ4v) is 7.01. The molecule has 53 heavy (non-hydrogen) atoms. The van der Waals surface area contributed by atoms with Crippen molar-refractivity contribution < 1.29 is 14.3 Å². The van der Waals surface area contributed by atoms with Crippen LogP contribution in [0.2, 0.25) is 0 Å². The number of H-pyrrole nitrogens is 2. The van der Waals surface area contributed by atoms with Crippen LogP contribution in [0, 0.1) is 0 Å². The number of aromatic nitrogens is 4. The van der Waals surface area contributed by atoms with Gasteiger partial charge in [0.05, 0.1) is 42.8 Å². The molecule has 2 atom stereocenters. The van der Waals surface area contributed by atoms with Gasteiger partial charge in [-0.1, -0.05) is 79.7 Å². The summed E-state index contributed by atoms with van der Waals surface area (Å²) >= 11 is 0. The number of likely N-dealkylation sites (tertiary alicyclic amines) is 1. The van der Waals surface area contributed by atoms with Crippen LogP contribution in [0.3, 0.4) is 0 Å². The van der Waals surface area contributed by atoms with Crippen LogP contribution in [0.4, 0.5) is 0 Å². The number of rotatable bonds is 14. The summed E-state index contributed by atoms with van der Waals surface area (Å²) in [6.07, 6.45) is 6.72. The first-order valence-corrected chi connectivity index (χ1v) is 18.3. The molecule has 270 valence electrons. The monoisotopic (exact) mass is 707 g/mol. The van der Waals surface area contributed by atoms with Gasteiger partial charge in [-0.25, -0.2) is 9.97 Å². The van der Waals surface area contributed by atoms with Gasteiger partial charge in [0.1, 0.15) is 29.2 Å². The second-order valence-corrected chi connectivity index (χ2v) is 13.4. The first kappa shape index (κ1) is 35.4. The summed E-state index contributed by atoms with van der Waals surface area (Å²) < 4.78 is 6.26. The number of hydrogen-bond donors (Lipinski definition) is 3. The van der Waals surface area contributed by atoms with Crippen molar-refractivity contribution in [3.05, 3.63) is 144 Å². The molecule has 0 aliphatic carbocycles. The van der Waals surface area contributed by atoms with Crippen LogP contribution in [-0.4, -0.2) is 61.7 Å². The van der Waals surface area contributed by atoms with Crippen molar-refractivity contribution in [2.45, 2.75) is 51.2 Å². The molecule has 0 radical (unpaired) electrons. The highest BCUT2D eigenvalue weighted by molar-refractivity contribution is 5.83. The number of amides is 2. The topological polar surface area (TPSA) is 119 Å². The zero-order valence-electron chi connectivity index (χ0n) is 30.2. The summed E-state index contributed by atoms with van der Waals surface area (Å²) in [6.45, 7) is 3.81. The van der Waals surface area contributed by atoms with E-state index in [0.29, 0.717) is 36.8 Å². The number of benzene rings is 4. The van der Waals surface area contributed by atoms with Crippen LogP contribution in [0.15, 0.2) is 122 Å². The van der Waals surface area contributed by atoms with Gasteiger partial charge in [0.15, 0.2) is 0 Å². The standard InChI is InChI=1S/C43H45N7O3/c1-3-23-49(43(52)41(44-2)32-14-8-5-9-15-32)29-39-45-27-37(47-39)33-16-10-17-35(26-33)53-34-21-19-31(20-22-34)36-28-46-42(48-36)38-18-11-24-50(38)40(51)25-30-12-6-4-7-13-30/h4-10,12-17,19-22,26-28,38,41,44H,3,11,18,23-25,29H2,1-2H3,(H,45,47)(H,46,48)/t38-,41+/m0/s1. The van der Waals surface area contributed by atoms with E-state index in [9.17, 15) is 9.59 Å². The largest absolute Gasteiger partial charge is 0.457 e. The van der Waals surface area contributed by atoms with E-state index in [1.807, 2.05) is 132 Å². The number of carbonyl (C=O) groups is 2. The third kappa shape index (κ3) is 8.39. The molecule has 3 N–H and O–H groups in total. The van der Waals surface area contributed by atoms with E-state index in [1.165, 1.54) is 0 Å². The number of likely N-dealkylation sites (N-methyl/N-ethyl adjacent to an activating group) is 1. The first-order valence-electron chi connectivity index (χ1n) is 18.3. The molecule has 1 aliphatic heterocycles. The Balaban J connectivity index is 0.982. The maximum Gasteiger partial charge on any atom is 0.244 e. The minimum Gasteiger partial charge on any atom is -0.457 e. The van der Waals surface area contributed by atoms with Gasteiger partial charge >= 0.3 is 0 Å². The molecular weight excluding hydrogens is 663 g/mol. The Morgan fingerprint density at radius 2 is 1.60 bits per heavy atom. The predicted octanol–water partition coefficient (Wildman–Crippen LogP) is 7.86. The summed E-state index contributed by atoms with van der Waals surface area (Å²) in [7, 11) is 1.81. The highest BCUT2D eigenvalue weighted by Gasteiger charge is 2.32. The van der Waals surface area contributed by atoms with E-state index in [4.69, 9.17) is 9.72 Å². The molecule has 4 aromatic carbocycles. The van der Waals surface area contributed by atoms with Gasteiger partial charge in [0.2, 0.25) is 11.8 Å². The van der Waals surface area contributed by atoms with Crippen molar-refractivity contribution >= 4 is 11.8 Å². The Hall–Kier alpha value is -6.00. The zero-order valence-corrected chi connectivity index (χ0v) is 30.2. The number of hydrogen-bond acceptors (Lipinski definition) is 6. The smallest absolute Gasteiger partial charge is 0.244 e. The lowest BCUT2D eigenvalue weighted by Gasteiger charge is -2.26. The summed E-state index contributed by atoms with van der Waals surface area (Å²) in [4.78, 5) is 46.8. The predicted molar refractivity (Wildman–Crippen MR) is 206 cm³/mol. The third-order valence-corrected chi connectivity index (χ3v) is 9.67. The van der Waals surface area contributed by atoms with Gasteiger partial charge < -0.3 is 29.8 Å². The highest BCUT2D eigenvalue weighted by atomic mass is 16.5. The number of imidazole rings is 2. The Morgan fingerprint density at radius 1 is 0.868 bits per heavy atom. The summed E-state index contributed by atoms with van der Waals surface area (Å²) in [5, 5.41) is 3.18. The van der Waals surface area contributed by atoms with Crippen LogP contribution < -0.4 is 10.1 Å². The molecule has 2 amide bonds. The van der Waals surface area contributed by atoms with Crippen LogP contribution in [0.25, 0.3) is 22.5 Å². The lowest BCUT2D eigenvalue weighted by molar-refractivity contribution is -0.134. The minimum atomic E-state index is -0.428. The average Bonchev–Trinajstić information content (AvgIpc) is 3.98. The normalized spacial score (nSPS) is 14.6. The Bertz CT molecular complexity index is 2110. The number of carbonyl (C=O) groups excluding carboxylic acids is 2. The van der Waals surface area contributed by atoms with E-state index in [-0.39, 0.29) is 17.9 Å². The molecule has 10 nitrogen and oxygen atoms in total. The van der Waals surface area contributed by atoms with E-state index in [1.54, 1.807) is 6.20 Å². The van der Waals surface area contributed by atoms with Crippen LogP contribution in [0.5, 0.6) is 11.5 Å². The fraction of sp³-hybridized carbons (Fsp3) is 0.256. The summed E-state index contributed by atoms with van der Waals surface area (Å²) in [6, 6.07) is 34.9. The average molecular weight is 708 g/mol. The van der Waals surface area contributed by atoms with E-state index in [0.717, 1.165) is 65.3 Å².